The van der Waals surface area contributed by atoms with E-state index in [-0.39, 0.29) is 12.2 Å². The average molecular weight is 330 g/mol. The summed E-state index contributed by atoms with van der Waals surface area (Å²) in [5.41, 5.74) is 1.11. The maximum atomic E-state index is 11.6. The van der Waals surface area contributed by atoms with Crippen molar-refractivity contribution in [1.29, 1.82) is 0 Å². The molecule has 0 aliphatic carbocycles. The van der Waals surface area contributed by atoms with Gasteiger partial charge in [0.25, 0.3) is 0 Å². The van der Waals surface area contributed by atoms with Crippen molar-refractivity contribution in [2.24, 2.45) is 0 Å². The molecule has 2 rings (SSSR count). The molecular formula is C21H30O3. The second kappa shape index (κ2) is 10.9. The Labute approximate surface area is 146 Å². The van der Waals surface area contributed by atoms with E-state index in [9.17, 15) is 4.79 Å². The molecule has 0 spiro atoms. The fourth-order valence-electron chi connectivity index (χ4n) is 3.05. The van der Waals surface area contributed by atoms with E-state index in [1.54, 1.807) is 0 Å². The predicted molar refractivity (Wildman–Crippen MR) is 97.8 cm³/mol. The normalized spacial score (nSPS) is 20.8. The third-order valence-corrected chi connectivity index (χ3v) is 4.44. The summed E-state index contributed by atoms with van der Waals surface area (Å²) >= 11 is 0. The lowest BCUT2D eigenvalue weighted by Gasteiger charge is -2.27. The average Bonchev–Trinajstić information content (AvgIpc) is 2.60. The molecule has 1 aromatic carbocycles. The van der Waals surface area contributed by atoms with Crippen molar-refractivity contribution < 1.29 is 14.3 Å². The zero-order valence-electron chi connectivity index (χ0n) is 14.8. The zero-order valence-corrected chi connectivity index (χ0v) is 14.8. The monoisotopic (exact) mass is 330 g/mol. The van der Waals surface area contributed by atoms with Crippen LogP contribution in [-0.2, 0) is 9.47 Å². The Bertz CT molecular complexity index is 495. The smallest absolute Gasteiger partial charge is 0.431 e. The maximum Gasteiger partial charge on any atom is 0.509 e. The summed E-state index contributed by atoms with van der Waals surface area (Å²) < 4.78 is 10.6. The van der Waals surface area contributed by atoms with Crippen LogP contribution >= 0.6 is 0 Å². The van der Waals surface area contributed by atoms with Gasteiger partial charge in [-0.05, 0) is 24.5 Å². The van der Waals surface area contributed by atoms with Crippen LogP contribution in [-0.4, -0.2) is 18.4 Å². The van der Waals surface area contributed by atoms with Gasteiger partial charge in [0, 0.05) is 6.42 Å². The highest BCUT2D eigenvalue weighted by Gasteiger charge is 2.27. The van der Waals surface area contributed by atoms with Gasteiger partial charge < -0.3 is 9.47 Å². The Morgan fingerprint density at radius 3 is 2.46 bits per heavy atom. The van der Waals surface area contributed by atoms with Gasteiger partial charge in [0.05, 0.1) is 0 Å². The number of cyclic esters (lactones) is 2. The van der Waals surface area contributed by atoms with E-state index in [0.29, 0.717) is 0 Å². The first-order valence-corrected chi connectivity index (χ1v) is 9.38. The lowest BCUT2D eigenvalue weighted by atomic mass is 10.0. The summed E-state index contributed by atoms with van der Waals surface area (Å²) in [4.78, 5) is 11.6. The lowest BCUT2D eigenvalue weighted by molar-refractivity contribution is -0.0477. The van der Waals surface area contributed by atoms with Crippen LogP contribution in [0, 0.1) is 0 Å². The highest BCUT2D eigenvalue weighted by molar-refractivity contribution is 5.62. The van der Waals surface area contributed by atoms with Crippen molar-refractivity contribution in [1.82, 2.24) is 0 Å². The molecule has 1 heterocycles. The van der Waals surface area contributed by atoms with Crippen molar-refractivity contribution in [3.8, 4) is 0 Å². The Morgan fingerprint density at radius 1 is 1.00 bits per heavy atom. The van der Waals surface area contributed by atoms with Gasteiger partial charge in [-0.2, -0.15) is 0 Å². The largest absolute Gasteiger partial charge is 0.509 e. The topological polar surface area (TPSA) is 35.5 Å². The molecule has 0 aromatic heterocycles. The molecule has 2 atom stereocenters. The van der Waals surface area contributed by atoms with Crippen LogP contribution in [0.1, 0.15) is 70.3 Å². The Kier molecular flexibility index (Phi) is 8.43. The highest BCUT2D eigenvalue weighted by Crippen LogP contribution is 2.22. The van der Waals surface area contributed by atoms with Crippen molar-refractivity contribution >= 4 is 12.2 Å². The van der Waals surface area contributed by atoms with E-state index < -0.39 is 6.16 Å². The fraction of sp³-hybridized carbons (Fsp3) is 0.571. The summed E-state index contributed by atoms with van der Waals surface area (Å²) in [5, 5.41) is 0. The number of hydrogen-bond donors (Lipinski definition) is 0. The first-order valence-electron chi connectivity index (χ1n) is 9.38. The van der Waals surface area contributed by atoms with E-state index in [1.165, 1.54) is 38.5 Å². The summed E-state index contributed by atoms with van der Waals surface area (Å²) in [6, 6.07) is 10.1. The van der Waals surface area contributed by atoms with E-state index in [1.807, 2.05) is 42.5 Å². The van der Waals surface area contributed by atoms with Gasteiger partial charge >= 0.3 is 6.16 Å². The Hall–Kier alpha value is -1.77. The predicted octanol–water partition coefficient (Wildman–Crippen LogP) is 6.13. The second-order valence-electron chi connectivity index (χ2n) is 6.56. The molecule has 3 heteroatoms. The molecular weight excluding hydrogens is 300 g/mol. The highest BCUT2D eigenvalue weighted by atomic mass is 16.7. The van der Waals surface area contributed by atoms with E-state index in [0.717, 1.165) is 24.8 Å². The molecule has 132 valence electrons. The second-order valence-corrected chi connectivity index (χ2v) is 6.56. The number of hydrogen-bond acceptors (Lipinski definition) is 3. The quantitative estimate of drug-likeness (QED) is 0.382. The van der Waals surface area contributed by atoms with E-state index in [2.05, 4.69) is 6.92 Å². The Balaban J connectivity index is 1.68. The van der Waals surface area contributed by atoms with Crippen LogP contribution in [0.3, 0.4) is 0 Å². The van der Waals surface area contributed by atoms with Gasteiger partial charge in [0.15, 0.2) is 0 Å². The molecule has 0 radical (unpaired) electrons. The van der Waals surface area contributed by atoms with Crippen molar-refractivity contribution in [3.05, 3.63) is 42.0 Å². The van der Waals surface area contributed by atoms with Crippen LogP contribution in [0.25, 0.3) is 6.08 Å². The molecule has 1 aliphatic heterocycles. The first-order chi connectivity index (χ1) is 11.8. The van der Waals surface area contributed by atoms with Crippen LogP contribution in [0.4, 0.5) is 4.79 Å². The van der Waals surface area contributed by atoms with Gasteiger partial charge in [-0.1, -0.05) is 81.9 Å². The van der Waals surface area contributed by atoms with Gasteiger partial charge in [0.2, 0.25) is 0 Å². The number of rotatable bonds is 10. The Morgan fingerprint density at radius 2 is 1.71 bits per heavy atom. The van der Waals surface area contributed by atoms with Crippen molar-refractivity contribution in [2.75, 3.05) is 0 Å². The van der Waals surface area contributed by atoms with E-state index in [4.69, 9.17) is 9.47 Å². The number of carbonyl (C=O) groups excluding carboxylic acids is 1. The van der Waals surface area contributed by atoms with Crippen molar-refractivity contribution in [2.45, 2.75) is 76.9 Å². The number of benzene rings is 1. The van der Waals surface area contributed by atoms with E-state index >= 15 is 0 Å². The summed E-state index contributed by atoms with van der Waals surface area (Å²) in [6.07, 6.45) is 13.9. The van der Waals surface area contributed by atoms with Crippen LogP contribution in [0.2, 0.25) is 0 Å². The van der Waals surface area contributed by atoms with Crippen LogP contribution in [0.15, 0.2) is 36.4 Å². The summed E-state index contributed by atoms with van der Waals surface area (Å²) in [5.74, 6) is 0. The summed E-state index contributed by atoms with van der Waals surface area (Å²) in [6.45, 7) is 2.24. The molecule has 0 saturated carbocycles. The first kappa shape index (κ1) is 18.6. The number of carbonyl (C=O) groups is 1. The molecule has 1 unspecified atom stereocenters. The lowest BCUT2D eigenvalue weighted by Crippen LogP contribution is -2.33. The zero-order chi connectivity index (χ0) is 17.0. The molecule has 1 fully saturated rings. The molecule has 3 nitrogen and oxygen atoms in total. The summed E-state index contributed by atoms with van der Waals surface area (Å²) in [7, 11) is 0. The molecule has 1 aromatic rings. The van der Waals surface area contributed by atoms with Crippen LogP contribution in [0.5, 0.6) is 0 Å². The minimum absolute atomic E-state index is 0.00712. The van der Waals surface area contributed by atoms with Crippen molar-refractivity contribution in [3.63, 3.8) is 0 Å². The van der Waals surface area contributed by atoms with Gasteiger partial charge in [-0.25, -0.2) is 4.79 Å². The molecule has 0 amide bonds. The molecule has 0 bridgehead atoms. The third-order valence-electron chi connectivity index (χ3n) is 4.44. The minimum Gasteiger partial charge on any atom is -0.431 e. The third kappa shape index (κ3) is 7.20. The van der Waals surface area contributed by atoms with Gasteiger partial charge in [0.1, 0.15) is 12.2 Å². The number of ether oxygens (including phenoxy) is 2. The van der Waals surface area contributed by atoms with Crippen LogP contribution < -0.4 is 0 Å². The standard InChI is InChI=1S/C21H30O3/c1-2-3-4-5-6-7-11-14-19-17-20(24-21(22)23-19)16-15-18-12-9-8-10-13-18/h8-10,12-13,15-16,19-20H,2-7,11,14,17H2,1H3/b16-15+/t19-,20?/m1/s1. The maximum absolute atomic E-state index is 11.6. The fourth-order valence-corrected chi connectivity index (χ4v) is 3.05. The van der Waals surface area contributed by atoms with Gasteiger partial charge in [-0.3, -0.25) is 0 Å². The molecule has 1 saturated heterocycles. The number of unbranched alkanes of at least 4 members (excludes halogenated alkanes) is 6. The van der Waals surface area contributed by atoms with Gasteiger partial charge in [-0.15, -0.1) is 0 Å². The molecule has 24 heavy (non-hydrogen) atoms. The molecule has 0 N–H and O–H groups in total. The SMILES string of the molecule is CCCCCCCCC[C@@H]1CC(/C=C/c2ccccc2)OC(=O)O1. The molecule has 1 aliphatic rings. The minimum atomic E-state index is -0.531.